The lowest BCUT2D eigenvalue weighted by molar-refractivity contribution is -0.147. The molecule has 0 saturated carbocycles. The van der Waals surface area contributed by atoms with E-state index in [4.69, 9.17) is 23.2 Å². The number of rotatable bonds is 2. The first kappa shape index (κ1) is 17.0. The minimum atomic E-state index is -0.457. The zero-order chi connectivity index (χ0) is 17.3. The average molecular weight is 370 g/mol. The van der Waals surface area contributed by atoms with Gasteiger partial charge in [0.2, 0.25) is 11.8 Å². The Morgan fingerprint density at radius 2 is 1.88 bits per heavy atom. The number of likely N-dealkylation sites (tertiary alicyclic amines) is 1. The van der Waals surface area contributed by atoms with E-state index in [-0.39, 0.29) is 36.2 Å². The van der Waals surface area contributed by atoms with Crippen LogP contribution < -0.4 is 5.32 Å². The summed E-state index contributed by atoms with van der Waals surface area (Å²) in [5, 5.41) is 2.88. The SMILES string of the molecule is O=C1CN(C2CCC(Cl)CN2C(=O)c2ccc(Cl)cc2)C(=O)CN1. The number of carbonyl (C=O) groups excluding carboxylic acids is 3. The lowest BCUT2D eigenvalue weighted by Crippen LogP contribution is -2.62. The van der Waals surface area contributed by atoms with Gasteiger partial charge in [0, 0.05) is 17.1 Å². The van der Waals surface area contributed by atoms with E-state index in [1.54, 1.807) is 29.2 Å². The largest absolute Gasteiger partial charge is 0.345 e. The third kappa shape index (κ3) is 3.49. The Morgan fingerprint density at radius 1 is 1.17 bits per heavy atom. The molecule has 2 unspecified atom stereocenters. The number of alkyl halides is 1. The van der Waals surface area contributed by atoms with Crippen molar-refractivity contribution in [2.45, 2.75) is 24.4 Å². The highest BCUT2D eigenvalue weighted by molar-refractivity contribution is 6.30. The fraction of sp³-hybridized carbons (Fsp3) is 0.438. The van der Waals surface area contributed by atoms with Gasteiger partial charge in [-0.1, -0.05) is 11.6 Å². The van der Waals surface area contributed by atoms with E-state index >= 15 is 0 Å². The highest BCUT2D eigenvalue weighted by atomic mass is 35.5. The zero-order valence-corrected chi connectivity index (χ0v) is 14.4. The summed E-state index contributed by atoms with van der Waals surface area (Å²) in [5.41, 5.74) is 0.476. The summed E-state index contributed by atoms with van der Waals surface area (Å²) in [7, 11) is 0. The zero-order valence-electron chi connectivity index (χ0n) is 12.9. The highest BCUT2D eigenvalue weighted by Gasteiger charge is 2.39. The molecule has 2 aliphatic heterocycles. The normalized spacial score (nSPS) is 24.8. The van der Waals surface area contributed by atoms with Gasteiger partial charge < -0.3 is 15.1 Å². The van der Waals surface area contributed by atoms with Crippen molar-refractivity contribution in [2.24, 2.45) is 0 Å². The van der Waals surface area contributed by atoms with E-state index in [0.717, 1.165) is 0 Å². The number of nitrogens with zero attached hydrogens (tertiary/aromatic N) is 2. The average Bonchev–Trinajstić information content (AvgIpc) is 2.57. The number of hydrogen-bond acceptors (Lipinski definition) is 3. The molecule has 0 aromatic heterocycles. The first-order valence-corrected chi connectivity index (χ1v) is 8.54. The molecular weight excluding hydrogens is 353 g/mol. The van der Waals surface area contributed by atoms with Crippen LogP contribution in [0.1, 0.15) is 23.2 Å². The molecule has 2 aliphatic rings. The monoisotopic (exact) mass is 369 g/mol. The third-order valence-electron chi connectivity index (χ3n) is 4.28. The first-order valence-electron chi connectivity index (χ1n) is 7.72. The van der Waals surface area contributed by atoms with Gasteiger partial charge in [0.1, 0.15) is 12.7 Å². The summed E-state index contributed by atoms with van der Waals surface area (Å²) in [6, 6.07) is 6.57. The van der Waals surface area contributed by atoms with Gasteiger partial charge in [-0.3, -0.25) is 14.4 Å². The van der Waals surface area contributed by atoms with E-state index < -0.39 is 6.17 Å². The minimum absolute atomic E-state index is 0.0391. The van der Waals surface area contributed by atoms with Crippen LogP contribution in [-0.2, 0) is 9.59 Å². The molecule has 0 spiro atoms. The predicted octanol–water partition coefficient (Wildman–Crippen LogP) is 1.47. The molecular formula is C16H17Cl2N3O3. The number of piperidine rings is 1. The van der Waals surface area contributed by atoms with Gasteiger partial charge in [0.05, 0.1) is 11.9 Å². The number of carbonyl (C=O) groups is 3. The molecule has 2 atom stereocenters. The van der Waals surface area contributed by atoms with Gasteiger partial charge >= 0.3 is 0 Å². The number of halogens is 2. The van der Waals surface area contributed by atoms with Crippen molar-refractivity contribution in [3.05, 3.63) is 34.9 Å². The molecule has 3 amide bonds. The van der Waals surface area contributed by atoms with Gasteiger partial charge in [-0.05, 0) is 37.1 Å². The summed E-state index contributed by atoms with van der Waals surface area (Å²) in [4.78, 5) is 39.8. The molecule has 1 N–H and O–H groups in total. The van der Waals surface area contributed by atoms with Crippen LogP contribution in [0.4, 0.5) is 0 Å². The van der Waals surface area contributed by atoms with Crippen molar-refractivity contribution in [3.63, 3.8) is 0 Å². The molecule has 8 heteroatoms. The van der Waals surface area contributed by atoms with Gasteiger partial charge in [0.25, 0.3) is 5.91 Å². The van der Waals surface area contributed by atoms with Gasteiger partial charge in [0.15, 0.2) is 0 Å². The van der Waals surface area contributed by atoms with E-state index in [2.05, 4.69) is 5.32 Å². The van der Waals surface area contributed by atoms with E-state index in [0.29, 0.717) is 30.0 Å². The van der Waals surface area contributed by atoms with Crippen LogP contribution in [0, 0.1) is 0 Å². The maximum atomic E-state index is 12.9. The number of benzene rings is 1. The fourth-order valence-corrected chi connectivity index (χ4v) is 3.46. The van der Waals surface area contributed by atoms with E-state index in [1.807, 2.05) is 0 Å². The lowest BCUT2D eigenvalue weighted by atomic mass is 10.0. The number of piperazine rings is 1. The summed E-state index contributed by atoms with van der Waals surface area (Å²) in [6.45, 7) is 0.253. The van der Waals surface area contributed by atoms with Crippen LogP contribution in [-0.4, -0.2) is 58.7 Å². The highest BCUT2D eigenvalue weighted by Crippen LogP contribution is 2.26. The van der Waals surface area contributed by atoms with Gasteiger partial charge in [-0.2, -0.15) is 0 Å². The molecule has 2 fully saturated rings. The Kier molecular flexibility index (Phi) is 4.96. The second kappa shape index (κ2) is 6.99. The molecule has 6 nitrogen and oxygen atoms in total. The summed E-state index contributed by atoms with van der Waals surface area (Å²) < 4.78 is 0. The second-order valence-electron chi connectivity index (χ2n) is 5.92. The van der Waals surface area contributed by atoms with Gasteiger partial charge in [-0.25, -0.2) is 0 Å². The molecule has 0 radical (unpaired) electrons. The fourth-order valence-electron chi connectivity index (χ4n) is 3.06. The van der Waals surface area contributed by atoms with Crippen molar-refractivity contribution in [1.29, 1.82) is 0 Å². The molecule has 0 aliphatic carbocycles. The lowest BCUT2D eigenvalue weighted by Gasteiger charge is -2.44. The Balaban J connectivity index is 1.86. The predicted molar refractivity (Wildman–Crippen MR) is 89.9 cm³/mol. The molecule has 3 rings (SSSR count). The third-order valence-corrected chi connectivity index (χ3v) is 4.88. The Morgan fingerprint density at radius 3 is 2.58 bits per heavy atom. The number of amides is 3. The Bertz CT molecular complexity index is 665. The topological polar surface area (TPSA) is 69.7 Å². The second-order valence-corrected chi connectivity index (χ2v) is 6.97. The van der Waals surface area contributed by atoms with E-state index in [1.165, 1.54) is 4.90 Å². The summed E-state index contributed by atoms with van der Waals surface area (Å²) >= 11 is 12.1. The maximum Gasteiger partial charge on any atom is 0.255 e. The van der Waals surface area contributed by atoms with Crippen LogP contribution in [0.25, 0.3) is 0 Å². The van der Waals surface area contributed by atoms with Crippen LogP contribution in [0.15, 0.2) is 24.3 Å². The quantitative estimate of drug-likeness (QED) is 0.802. The first-order chi connectivity index (χ1) is 11.5. The maximum absolute atomic E-state index is 12.9. The van der Waals surface area contributed by atoms with Crippen LogP contribution in [0.5, 0.6) is 0 Å². The standard InChI is InChI=1S/C16H17Cl2N3O3/c17-11-3-1-10(2-4-11)16(24)21-8-12(18)5-6-14(21)20-9-13(22)19-7-15(20)23/h1-4,12,14H,5-9H2,(H,19,22). The molecule has 128 valence electrons. The molecule has 0 bridgehead atoms. The van der Waals surface area contributed by atoms with Crippen molar-refractivity contribution < 1.29 is 14.4 Å². The molecule has 2 saturated heterocycles. The van der Waals surface area contributed by atoms with Crippen LogP contribution in [0.2, 0.25) is 5.02 Å². The van der Waals surface area contributed by atoms with Crippen LogP contribution in [0.3, 0.4) is 0 Å². The van der Waals surface area contributed by atoms with Crippen molar-refractivity contribution in [2.75, 3.05) is 19.6 Å². The number of nitrogens with one attached hydrogen (secondary N) is 1. The molecule has 1 aromatic carbocycles. The Hall–Kier alpha value is -1.79. The number of hydrogen-bond donors (Lipinski definition) is 1. The van der Waals surface area contributed by atoms with E-state index in [9.17, 15) is 14.4 Å². The molecule has 2 heterocycles. The summed E-state index contributed by atoms with van der Waals surface area (Å²) in [6.07, 6.45) is 0.774. The van der Waals surface area contributed by atoms with Crippen molar-refractivity contribution >= 4 is 40.9 Å². The summed E-state index contributed by atoms with van der Waals surface area (Å²) in [5.74, 6) is -0.635. The van der Waals surface area contributed by atoms with Crippen molar-refractivity contribution in [1.82, 2.24) is 15.1 Å². The molecule has 1 aromatic rings. The molecule has 24 heavy (non-hydrogen) atoms. The Labute approximate surface area is 149 Å². The minimum Gasteiger partial charge on any atom is -0.345 e. The van der Waals surface area contributed by atoms with Crippen LogP contribution >= 0.6 is 23.2 Å². The van der Waals surface area contributed by atoms with Crippen molar-refractivity contribution in [3.8, 4) is 0 Å². The smallest absolute Gasteiger partial charge is 0.255 e. The van der Waals surface area contributed by atoms with Gasteiger partial charge in [-0.15, -0.1) is 11.6 Å².